The minimum absolute atomic E-state index is 0.0313. The number of rotatable bonds is 17. The number of amidine groups is 1. The Labute approximate surface area is 307 Å². The number of thioether (sulfide) groups is 1. The van der Waals surface area contributed by atoms with Gasteiger partial charge in [0.05, 0.1) is 23.3 Å². The number of nitrogens with one attached hydrogen (secondary N) is 5. The second kappa shape index (κ2) is 17.5. The molecule has 3 heterocycles. The van der Waals surface area contributed by atoms with Gasteiger partial charge in [-0.25, -0.2) is 14.5 Å². The number of phenolic OH excluding ortho intramolecular Hbond substituents is 2. The summed E-state index contributed by atoms with van der Waals surface area (Å²) in [5.74, 6) is 0.125. The summed E-state index contributed by atoms with van der Waals surface area (Å²) >= 11 is 1.89. The number of urea groups is 2. The van der Waals surface area contributed by atoms with Gasteiger partial charge in [-0.1, -0.05) is 26.7 Å². The van der Waals surface area contributed by atoms with Crippen molar-refractivity contribution in [3.63, 3.8) is 0 Å². The average molecular weight is 735 g/mol. The molecule has 52 heavy (non-hydrogen) atoms. The number of hydrogen-bond donors (Lipinski definition) is 8. The number of nitrogens with zero attached hydrogens (tertiary/aromatic N) is 2. The molecule has 0 saturated carbocycles. The quantitative estimate of drug-likeness (QED) is 0.0426. The number of fused-ring (bicyclic) bond motifs is 2. The molecule has 0 bridgehead atoms. The summed E-state index contributed by atoms with van der Waals surface area (Å²) in [5.41, 5.74) is 7.50. The highest BCUT2D eigenvalue weighted by Gasteiger charge is 2.42. The Balaban J connectivity index is 0.983. The van der Waals surface area contributed by atoms with Gasteiger partial charge in [-0.15, -0.1) is 0 Å². The lowest BCUT2D eigenvalue weighted by molar-refractivity contribution is -0.122. The molecule has 2 aliphatic heterocycles. The van der Waals surface area contributed by atoms with Crippen LogP contribution in [-0.4, -0.2) is 80.7 Å². The van der Waals surface area contributed by atoms with Gasteiger partial charge in [0.15, 0.2) is 0 Å². The Morgan fingerprint density at radius 3 is 2.44 bits per heavy atom. The predicted molar refractivity (Wildman–Crippen MR) is 203 cm³/mol. The van der Waals surface area contributed by atoms with E-state index in [-0.39, 0.29) is 58.7 Å². The number of amides is 6. The third kappa shape index (κ3) is 9.49. The summed E-state index contributed by atoms with van der Waals surface area (Å²) < 4.78 is 1.98. The van der Waals surface area contributed by atoms with Crippen LogP contribution in [0.25, 0.3) is 10.9 Å². The van der Waals surface area contributed by atoms with Crippen LogP contribution in [0.15, 0.2) is 42.6 Å². The van der Waals surface area contributed by atoms with E-state index in [9.17, 15) is 29.4 Å². The van der Waals surface area contributed by atoms with Crippen LogP contribution in [0, 0.1) is 5.41 Å². The Morgan fingerprint density at radius 1 is 0.981 bits per heavy atom. The van der Waals surface area contributed by atoms with Crippen LogP contribution in [0.4, 0.5) is 15.3 Å². The van der Waals surface area contributed by atoms with Gasteiger partial charge in [0.2, 0.25) is 11.8 Å². The van der Waals surface area contributed by atoms with Crippen molar-refractivity contribution in [2.75, 3.05) is 23.7 Å². The molecule has 6 amide bonds. The number of carbonyl (C=O) groups is 4. The SMILES string of the molecule is CC(C)c1cc(C(=N)N(C(N)=O)c2ccc3c(ccn3CCNC(=O)CCCCCNC(=O)CCCC[C@H]3SCC4NC(=O)NC43)c2)c(O)cc1O. The largest absolute Gasteiger partial charge is 0.508 e. The number of aromatic nitrogens is 1. The van der Waals surface area contributed by atoms with Crippen molar-refractivity contribution in [3.8, 4) is 11.5 Å². The van der Waals surface area contributed by atoms with Crippen molar-refractivity contribution in [2.24, 2.45) is 5.73 Å². The molecule has 15 heteroatoms. The van der Waals surface area contributed by atoms with Crippen LogP contribution in [0.5, 0.6) is 11.5 Å². The lowest BCUT2D eigenvalue weighted by Gasteiger charge is -2.23. The van der Waals surface area contributed by atoms with Gasteiger partial charge in [0.1, 0.15) is 17.3 Å². The molecule has 1 aromatic heterocycles. The maximum absolute atomic E-state index is 12.5. The monoisotopic (exact) mass is 734 g/mol. The maximum Gasteiger partial charge on any atom is 0.325 e. The van der Waals surface area contributed by atoms with Crippen LogP contribution < -0.4 is 31.9 Å². The zero-order valence-electron chi connectivity index (χ0n) is 29.7. The molecule has 0 spiro atoms. The summed E-state index contributed by atoms with van der Waals surface area (Å²) in [7, 11) is 0. The minimum Gasteiger partial charge on any atom is -0.508 e. The van der Waals surface area contributed by atoms with E-state index < -0.39 is 6.03 Å². The van der Waals surface area contributed by atoms with E-state index in [1.54, 1.807) is 12.1 Å². The fourth-order valence-electron chi connectivity index (χ4n) is 6.84. The summed E-state index contributed by atoms with van der Waals surface area (Å²) in [6.45, 7) is 5.30. The highest BCUT2D eigenvalue weighted by Crippen LogP contribution is 2.35. The highest BCUT2D eigenvalue weighted by atomic mass is 32.2. The average Bonchev–Trinajstić information content (AvgIpc) is 3.78. The Bertz CT molecular complexity index is 1790. The lowest BCUT2D eigenvalue weighted by atomic mass is 9.98. The summed E-state index contributed by atoms with van der Waals surface area (Å²) in [5, 5.41) is 42.5. The Kier molecular flexibility index (Phi) is 12.9. The number of aromatic hydroxyl groups is 2. The standard InChI is InChI=1S/C37H50N8O6S/c1-22(2)25-19-26(30(47)20-29(25)46)35(38)45(36(39)50)24-11-12-28-23(18-24)13-16-44(28)17-15-41-33(49)9-4-3-7-14-40-32(48)10-6-5-8-31-34-27(21-52-31)42-37(51)43-34/h11-13,16,18-20,22,27,31,34,38,46-47H,3-10,14-15,17,21H2,1-2H3,(H2,39,50)(H,40,48)(H,41,49)(H2,42,43,51)/t27?,31-,34?/m1/s1. The highest BCUT2D eigenvalue weighted by molar-refractivity contribution is 8.00. The van der Waals surface area contributed by atoms with Crippen molar-refractivity contribution >= 4 is 58.1 Å². The molecule has 0 radical (unpaired) electrons. The fourth-order valence-corrected chi connectivity index (χ4v) is 8.38. The van der Waals surface area contributed by atoms with Gasteiger partial charge in [0, 0.05) is 66.6 Å². The first-order valence-electron chi connectivity index (χ1n) is 18.0. The summed E-state index contributed by atoms with van der Waals surface area (Å²) in [6.07, 6.45) is 7.95. The number of phenols is 2. The summed E-state index contributed by atoms with van der Waals surface area (Å²) in [4.78, 5) is 49.7. The van der Waals surface area contributed by atoms with E-state index >= 15 is 0 Å². The van der Waals surface area contributed by atoms with Crippen LogP contribution in [0.2, 0.25) is 0 Å². The molecule has 2 fully saturated rings. The molecular weight excluding hydrogens is 685 g/mol. The Hall–Kier alpha value is -4.92. The van der Waals surface area contributed by atoms with Crippen molar-refractivity contribution < 1.29 is 29.4 Å². The lowest BCUT2D eigenvalue weighted by Crippen LogP contribution is -2.41. The van der Waals surface area contributed by atoms with Gasteiger partial charge >= 0.3 is 12.1 Å². The number of carbonyl (C=O) groups excluding carboxylic acids is 4. The zero-order valence-corrected chi connectivity index (χ0v) is 30.6. The van der Waals surface area contributed by atoms with Gasteiger partial charge < -0.3 is 41.8 Å². The van der Waals surface area contributed by atoms with E-state index in [0.717, 1.165) is 66.1 Å². The molecule has 2 aliphatic rings. The topological polar surface area (TPSA) is 215 Å². The number of unbranched alkanes of at least 4 members (excludes halogenated alkanes) is 3. The number of benzene rings is 2. The molecule has 0 aliphatic carbocycles. The summed E-state index contributed by atoms with van der Waals surface area (Å²) in [6, 6.07) is 9.19. The van der Waals surface area contributed by atoms with Crippen LogP contribution >= 0.6 is 11.8 Å². The maximum atomic E-state index is 12.5. The number of hydrogen-bond acceptors (Lipinski definition) is 8. The van der Waals surface area contributed by atoms with Crippen molar-refractivity contribution in [1.82, 2.24) is 25.8 Å². The molecule has 280 valence electrons. The second-order valence-electron chi connectivity index (χ2n) is 13.7. The van der Waals surface area contributed by atoms with Gasteiger partial charge in [-0.05, 0) is 67.5 Å². The molecule has 3 atom stereocenters. The van der Waals surface area contributed by atoms with Crippen molar-refractivity contribution in [1.29, 1.82) is 5.41 Å². The van der Waals surface area contributed by atoms with Crippen LogP contribution in [0.1, 0.15) is 82.3 Å². The van der Waals surface area contributed by atoms with Crippen LogP contribution in [-0.2, 0) is 16.1 Å². The zero-order chi connectivity index (χ0) is 37.4. The molecule has 9 N–H and O–H groups in total. The molecule has 2 unspecified atom stereocenters. The van der Waals surface area contributed by atoms with Crippen molar-refractivity contribution in [3.05, 3.63) is 53.7 Å². The number of nitrogens with two attached hydrogens (primary N) is 1. The third-order valence-electron chi connectivity index (χ3n) is 9.64. The molecule has 5 rings (SSSR count). The third-order valence-corrected chi connectivity index (χ3v) is 11.1. The first kappa shape index (κ1) is 38.3. The smallest absolute Gasteiger partial charge is 0.325 e. The minimum atomic E-state index is -0.894. The van der Waals surface area contributed by atoms with E-state index in [4.69, 9.17) is 11.1 Å². The fraction of sp³-hybridized carbons (Fsp3) is 0.486. The molecule has 3 aromatic rings. The van der Waals surface area contributed by atoms with Gasteiger partial charge in [0.25, 0.3) is 0 Å². The number of anilines is 1. The second-order valence-corrected chi connectivity index (χ2v) is 15.0. The molecule has 14 nitrogen and oxygen atoms in total. The van der Waals surface area contributed by atoms with Gasteiger partial charge in [-0.2, -0.15) is 11.8 Å². The predicted octanol–water partition coefficient (Wildman–Crippen LogP) is 4.61. The van der Waals surface area contributed by atoms with E-state index in [1.165, 1.54) is 6.07 Å². The van der Waals surface area contributed by atoms with Crippen LogP contribution in [0.3, 0.4) is 0 Å². The number of primary amides is 1. The van der Waals surface area contributed by atoms with E-state index in [1.807, 2.05) is 48.5 Å². The van der Waals surface area contributed by atoms with E-state index in [2.05, 4.69) is 21.3 Å². The first-order chi connectivity index (χ1) is 24.9. The molecular formula is C37H50N8O6S. The van der Waals surface area contributed by atoms with E-state index in [0.29, 0.717) is 49.0 Å². The first-order valence-corrected chi connectivity index (χ1v) is 19.0. The molecule has 2 saturated heterocycles. The normalized spacial score (nSPS) is 17.8. The Morgan fingerprint density at radius 2 is 1.71 bits per heavy atom. The van der Waals surface area contributed by atoms with Gasteiger partial charge in [-0.3, -0.25) is 15.0 Å². The molecule has 2 aromatic carbocycles. The van der Waals surface area contributed by atoms with Crippen molar-refractivity contribution in [2.45, 2.75) is 95.0 Å².